The van der Waals surface area contributed by atoms with Crippen molar-refractivity contribution in [3.8, 4) is 5.75 Å². The van der Waals surface area contributed by atoms with Crippen molar-refractivity contribution in [3.05, 3.63) is 40.2 Å². The molecule has 0 N–H and O–H groups in total. The summed E-state index contributed by atoms with van der Waals surface area (Å²) in [7, 11) is 1.43. The van der Waals surface area contributed by atoms with Crippen molar-refractivity contribution in [2.24, 2.45) is 0 Å². The third-order valence-electron chi connectivity index (χ3n) is 2.26. The molecule has 1 aromatic heterocycles. The van der Waals surface area contributed by atoms with Crippen LogP contribution in [-0.4, -0.2) is 22.5 Å². The fourth-order valence-electron chi connectivity index (χ4n) is 1.42. The predicted octanol–water partition coefficient (Wildman–Crippen LogP) is 2.23. The number of carbonyl (C=O) groups is 1. The molecule has 2 aromatic rings. The van der Waals surface area contributed by atoms with E-state index >= 15 is 0 Å². The lowest BCUT2D eigenvalue weighted by atomic mass is 10.1. The number of hydrogen-bond acceptors (Lipinski definition) is 5. The highest BCUT2D eigenvalue weighted by Gasteiger charge is 2.19. The van der Waals surface area contributed by atoms with E-state index in [1.165, 1.54) is 19.2 Å². The van der Waals surface area contributed by atoms with Crippen LogP contribution in [0.4, 0.5) is 4.39 Å². The SMILES string of the molecule is COc1ccc(F)cc1C(=O)c1snnc1C. The van der Waals surface area contributed by atoms with Gasteiger partial charge in [-0.15, -0.1) is 5.10 Å². The number of aryl methyl sites for hydroxylation is 1. The zero-order valence-corrected chi connectivity index (χ0v) is 10.0. The monoisotopic (exact) mass is 252 g/mol. The Labute approximate surface area is 101 Å². The van der Waals surface area contributed by atoms with E-state index < -0.39 is 5.82 Å². The lowest BCUT2D eigenvalue weighted by Crippen LogP contribution is -2.04. The average Bonchev–Trinajstić information content (AvgIpc) is 2.74. The van der Waals surface area contributed by atoms with Gasteiger partial charge in [0, 0.05) is 0 Å². The molecule has 17 heavy (non-hydrogen) atoms. The highest BCUT2D eigenvalue weighted by Crippen LogP contribution is 2.24. The second-order valence-corrected chi connectivity index (χ2v) is 4.12. The van der Waals surface area contributed by atoms with Gasteiger partial charge in [-0.25, -0.2) is 4.39 Å². The summed E-state index contributed by atoms with van der Waals surface area (Å²) in [6.45, 7) is 1.68. The molecule has 0 fully saturated rings. The first-order valence-electron chi connectivity index (χ1n) is 4.80. The maximum absolute atomic E-state index is 13.2. The van der Waals surface area contributed by atoms with Crippen molar-refractivity contribution in [1.29, 1.82) is 0 Å². The van der Waals surface area contributed by atoms with Crippen LogP contribution in [0, 0.1) is 12.7 Å². The molecule has 0 aliphatic carbocycles. The lowest BCUT2D eigenvalue weighted by Gasteiger charge is -2.06. The van der Waals surface area contributed by atoms with E-state index in [2.05, 4.69) is 9.59 Å². The van der Waals surface area contributed by atoms with E-state index in [1.54, 1.807) is 6.92 Å². The summed E-state index contributed by atoms with van der Waals surface area (Å²) in [5, 5.41) is 3.75. The Morgan fingerprint density at radius 2 is 2.24 bits per heavy atom. The Balaban J connectivity index is 2.50. The van der Waals surface area contributed by atoms with Gasteiger partial charge in [0.05, 0.1) is 18.4 Å². The summed E-state index contributed by atoms with van der Waals surface area (Å²) >= 11 is 0.989. The van der Waals surface area contributed by atoms with Gasteiger partial charge in [0.2, 0.25) is 5.78 Å². The van der Waals surface area contributed by atoms with Gasteiger partial charge in [-0.2, -0.15) is 0 Å². The molecule has 0 spiro atoms. The maximum Gasteiger partial charge on any atom is 0.210 e. The molecule has 0 radical (unpaired) electrons. The number of halogens is 1. The first kappa shape index (κ1) is 11.7. The van der Waals surface area contributed by atoms with Crippen molar-refractivity contribution in [2.45, 2.75) is 6.92 Å². The number of benzene rings is 1. The largest absolute Gasteiger partial charge is 0.496 e. The van der Waals surface area contributed by atoms with Crippen LogP contribution >= 0.6 is 11.5 Å². The van der Waals surface area contributed by atoms with Crippen LogP contribution in [0.3, 0.4) is 0 Å². The quantitative estimate of drug-likeness (QED) is 0.786. The van der Waals surface area contributed by atoms with Crippen molar-refractivity contribution in [2.75, 3.05) is 7.11 Å². The number of nitrogens with zero attached hydrogens (tertiary/aromatic N) is 2. The predicted molar refractivity (Wildman–Crippen MR) is 61.0 cm³/mol. The number of aromatic nitrogens is 2. The van der Waals surface area contributed by atoms with E-state index in [0.29, 0.717) is 16.3 Å². The Morgan fingerprint density at radius 3 is 2.82 bits per heavy atom. The topological polar surface area (TPSA) is 52.1 Å². The van der Waals surface area contributed by atoms with Crippen LogP contribution in [0.2, 0.25) is 0 Å². The van der Waals surface area contributed by atoms with Gasteiger partial charge >= 0.3 is 0 Å². The van der Waals surface area contributed by atoms with E-state index in [0.717, 1.165) is 17.6 Å². The molecule has 88 valence electrons. The molecular weight excluding hydrogens is 243 g/mol. The van der Waals surface area contributed by atoms with Crippen LogP contribution < -0.4 is 4.74 Å². The number of rotatable bonds is 3. The van der Waals surface area contributed by atoms with Crippen LogP contribution in [-0.2, 0) is 0 Å². The van der Waals surface area contributed by atoms with Gasteiger partial charge in [-0.1, -0.05) is 4.49 Å². The Morgan fingerprint density at radius 1 is 1.47 bits per heavy atom. The van der Waals surface area contributed by atoms with Crippen LogP contribution in [0.25, 0.3) is 0 Å². The molecule has 0 unspecified atom stereocenters. The Hall–Kier alpha value is -1.82. The molecule has 0 aliphatic heterocycles. The van der Waals surface area contributed by atoms with Gasteiger partial charge in [-0.3, -0.25) is 4.79 Å². The second-order valence-electron chi connectivity index (χ2n) is 3.36. The molecule has 0 saturated heterocycles. The fourth-order valence-corrected chi connectivity index (χ4v) is 2.03. The minimum Gasteiger partial charge on any atom is -0.496 e. The summed E-state index contributed by atoms with van der Waals surface area (Å²) in [6, 6.07) is 3.82. The zero-order chi connectivity index (χ0) is 12.4. The first-order valence-corrected chi connectivity index (χ1v) is 5.58. The third kappa shape index (κ3) is 2.16. The summed E-state index contributed by atoms with van der Waals surface area (Å²) in [4.78, 5) is 12.5. The normalized spacial score (nSPS) is 10.3. The zero-order valence-electron chi connectivity index (χ0n) is 9.23. The molecule has 0 bridgehead atoms. The molecule has 4 nitrogen and oxygen atoms in total. The van der Waals surface area contributed by atoms with Crippen LogP contribution in [0.5, 0.6) is 5.75 Å². The van der Waals surface area contributed by atoms with Gasteiger partial charge < -0.3 is 4.74 Å². The first-order chi connectivity index (χ1) is 8.13. The molecule has 0 atom stereocenters. The Kier molecular flexibility index (Phi) is 3.14. The average molecular weight is 252 g/mol. The van der Waals surface area contributed by atoms with E-state index in [4.69, 9.17) is 4.74 Å². The minimum atomic E-state index is -0.482. The smallest absolute Gasteiger partial charge is 0.210 e. The lowest BCUT2D eigenvalue weighted by molar-refractivity contribution is 0.103. The standard InChI is InChI=1S/C11H9FN2O2S/c1-6-11(17-14-13-6)10(15)8-5-7(12)3-4-9(8)16-2/h3-5H,1-2H3. The number of hydrogen-bond donors (Lipinski definition) is 0. The molecule has 1 aromatic carbocycles. The van der Waals surface area contributed by atoms with Gasteiger partial charge in [-0.05, 0) is 36.7 Å². The minimum absolute atomic E-state index is 0.182. The van der Waals surface area contributed by atoms with E-state index in [9.17, 15) is 9.18 Å². The summed E-state index contributed by atoms with van der Waals surface area (Å²) in [5.74, 6) is -0.470. The van der Waals surface area contributed by atoms with Gasteiger partial charge in [0.15, 0.2) is 0 Å². The third-order valence-corrected chi connectivity index (χ3v) is 3.09. The van der Waals surface area contributed by atoms with Crippen molar-refractivity contribution < 1.29 is 13.9 Å². The van der Waals surface area contributed by atoms with Crippen LogP contribution in [0.1, 0.15) is 20.9 Å². The van der Waals surface area contributed by atoms with Gasteiger partial charge in [0.25, 0.3) is 0 Å². The number of carbonyl (C=O) groups excluding carboxylic acids is 1. The summed E-state index contributed by atoms with van der Waals surface area (Å²) in [5.41, 5.74) is 0.716. The summed E-state index contributed by atoms with van der Waals surface area (Å²) < 4.78 is 21.9. The highest BCUT2D eigenvalue weighted by atomic mass is 32.1. The molecule has 0 saturated carbocycles. The molecule has 0 amide bonds. The van der Waals surface area contributed by atoms with Crippen molar-refractivity contribution in [3.63, 3.8) is 0 Å². The molecule has 6 heteroatoms. The number of ketones is 1. The van der Waals surface area contributed by atoms with E-state index in [-0.39, 0.29) is 11.3 Å². The van der Waals surface area contributed by atoms with Crippen molar-refractivity contribution in [1.82, 2.24) is 9.59 Å². The highest BCUT2D eigenvalue weighted by molar-refractivity contribution is 7.08. The molecule has 0 aliphatic rings. The van der Waals surface area contributed by atoms with E-state index in [1.807, 2.05) is 0 Å². The van der Waals surface area contributed by atoms with Crippen molar-refractivity contribution >= 4 is 17.3 Å². The molecule has 1 heterocycles. The molecule has 2 rings (SSSR count). The van der Waals surface area contributed by atoms with Gasteiger partial charge in [0.1, 0.15) is 16.4 Å². The van der Waals surface area contributed by atoms with Crippen LogP contribution in [0.15, 0.2) is 18.2 Å². The fraction of sp³-hybridized carbons (Fsp3) is 0.182. The maximum atomic E-state index is 13.2. The number of methoxy groups -OCH3 is 1. The number of ether oxygens (including phenoxy) is 1. The molecular formula is C11H9FN2O2S. The Bertz CT molecular complexity index is 568. The second kappa shape index (κ2) is 4.58. The summed E-state index contributed by atoms with van der Waals surface area (Å²) in [6.07, 6.45) is 0.